The zero-order chi connectivity index (χ0) is 19.1. The van der Waals surface area contributed by atoms with Gasteiger partial charge in [0, 0.05) is 35.4 Å². The molecule has 0 fully saturated rings. The Morgan fingerprint density at radius 2 is 1.88 bits per heavy atom. The molecule has 1 aromatic carbocycles. The van der Waals surface area contributed by atoms with E-state index in [0.717, 1.165) is 16.6 Å². The van der Waals surface area contributed by atoms with E-state index in [9.17, 15) is 18.4 Å². The van der Waals surface area contributed by atoms with E-state index in [-0.39, 0.29) is 30.5 Å². The van der Waals surface area contributed by atoms with Crippen molar-refractivity contribution in [2.75, 3.05) is 30.8 Å². The highest BCUT2D eigenvalue weighted by Crippen LogP contribution is 2.13. The van der Waals surface area contributed by atoms with E-state index in [0.29, 0.717) is 12.4 Å². The summed E-state index contributed by atoms with van der Waals surface area (Å²) in [5.74, 6) is -2.20. The average molecular weight is 427 g/mol. The number of carbonyl (C=O) groups excluding carboxylic acids is 2. The van der Waals surface area contributed by atoms with Crippen molar-refractivity contribution >= 4 is 39.2 Å². The molecule has 2 amide bonds. The monoisotopic (exact) mass is 426 g/mol. The summed E-state index contributed by atoms with van der Waals surface area (Å²) in [5.41, 5.74) is 0.176. The number of nitrogens with zero attached hydrogens (tertiary/aromatic N) is 2. The minimum Gasteiger partial charge on any atom is -0.326 e. The molecule has 0 atom stereocenters. The van der Waals surface area contributed by atoms with Gasteiger partial charge in [0.2, 0.25) is 11.8 Å². The molecule has 138 valence electrons. The summed E-state index contributed by atoms with van der Waals surface area (Å²) in [4.78, 5) is 29.5. The molecule has 2 rings (SSSR count). The molecule has 1 heterocycles. The van der Waals surface area contributed by atoms with Gasteiger partial charge in [-0.1, -0.05) is 0 Å². The Morgan fingerprint density at radius 3 is 2.54 bits per heavy atom. The van der Waals surface area contributed by atoms with Crippen molar-refractivity contribution in [1.82, 2.24) is 9.88 Å². The molecular formula is C17H17BrF2N4O2. The normalized spacial score (nSPS) is 10.7. The first-order chi connectivity index (χ1) is 12.3. The Kier molecular flexibility index (Phi) is 7.16. The largest absolute Gasteiger partial charge is 0.326 e. The maximum Gasteiger partial charge on any atom is 0.239 e. The van der Waals surface area contributed by atoms with E-state index in [1.807, 2.05) is 0 Å². The highest BCUT2D eigenvalue weighted by atomic mass is 79.9. The van der Waals surface area contributed by atoms with E-state index in [1.54, 1.807) is 30.3 Å². The van der Waals surface area contributed by atoms with Crippen molar-refractivity contribution in [2.45, 2.75) is 6.42 Å². The number of benzene rings is 1. The van der Waals surface area contributed by atoms with Crippen LogP contribution in [-0.2, 0) is 9.59 Å². The standard InChI is InChI=1S/C17H17BrF2N4O2/c1-24(10-17(26)23-15-5-2-11(18)9-21-15)7-6-16(25)22-12-3-4-13(19)14(20)8-12/h2-5,8-9H,6-7,10H2,1H3,(H,22,25)(H,21,23,26). The second kappa shape index (κ2) is 9.35. The van der Waals surface area contributed by atoms with Crippen molar-refractivity contribution in [2.24, 2.45) is 0 Å². The lowest BCUT2D eigenvalue weighted by atomic mass is 10.3. The van der Waals surface area contributed by atoms with E-state index in [2.05, 4.69) is 31.5 Å². The first-order valence-electron chi connectivity index (χ1n) is 7.68. The van der Waals surface area contributed by atoms with Gasteiger partial charge in [-0.05, 0) is 47.2 Å². The Labute approximate surface area is 157 Å². The number of pyridine rings is 1. The molecular weight excluding hydrogens is 410 g/mol. The molecule has 0 bridgehead atoms. The summed E-state index contributed by atoms with van der Waals surface area (Å²) < 4.78 is 26.8. The van der Waals surface area contributed by atoms with E-state index in [4.69, 9.17) is 0 Å². The average Bonchev–Trinajstić information content (AvgIpc) is 2.58. The van der Waals surface area contributed by atoms with Crippen LogP contribution in [0.2, 0.25) is 0 Å². The van der Waals surface area contributed by atoms with Gasteiger partial charge in [0.15, 0.2) is 11.6 Å². The van der Waals surface area contributed by atoms with Gasteiger partial charge in [-0.3, -0.25) is 14.5 Å². The van der Waals surface area contributed by atoms with E-state index >= 15 is 0 Å². The Bertz CT molecular complexity index is 787. The number of likely N-dealkylation sites (N-methyl/N-ethyl adjacent to an activating group) is 1. The summed E-state index contributed by atoms with van der Waals surface area (Å²) in [5, 5.41) is 5.13. The molecule has 2 aromatic rings. The van der Waals surface area contributed by atoms with Crippen molar-refractivity contribution < 1.29 is 18.4 Å². The second-order valence-corrected chi connectivity index (χ2v) is 6.49. The third-order valence-corrected chi connectivity index (χ3v) is 3.80. The number of carbonyl (C=O) groups is 2. The van der Waals surface area contributed by atoms with Gasteiger partial charge in [-0.25, -0.2) is 13.8 Å². The van der Waals surface area contributed by atoms with Crippen LogP contribution in [0.1, 0.15) is 6.42 Å². The number of anilines is 2. The van der Waals surface area contributed by atoms with Crippen molar-refractivity contribution in [1.29, 1.82) is 0 Å². The molecule has 0 saturated heterocycles. The fraction of sp³-hybridized carbons (Fsp3) is 0.235. The molecule has 1 aromatic heterocycles. The zero-order valence-electron chi connectivity index (χ0n) is 13.9. The molecule has 9 heteroatoms. The summed E-state index contributed by atoms with van der Waals surface area (Å²) in [7, 11) is 1.69. The SMILES string of the molecule is CN(CCC(=O)Nc1ccc(F)c(F)c1)CC(=O)Nc1ccc(Br)cn1. The van der Waals surface area contributed by atoms with Crippen LogP contribution in [0.25, 0.3) is 0 Å². The molecule has 0 aliphatic heterocycles. The summed E-state index contributed by atoms with van der Waals surface area (Å²) >= 11 is 3.26. The van der Waals surface area contributed by atoms with Gasteiger partial charge in [0.05, 0.1) is 6.54 Å². The minimum absolute atomic E-state index is 0.0796. The third-order valence-electron chi connectivity index (χ3n) is 3.33. The maximum absolute atomic E-state index is 13.1. The number of halogens is 3. The van der Waals surface area contributed by atoms with Gasteiger partial charge < -0.3 is 10.6 Å². The van der Waals surface area contributed by atoms with Gasteiger partial charge in [-0.2, -0.15) is 0 Å². The summed E-state index contributed by atoms with van der Waals surface area (Å²) in [6, 6.07) is 6.55. The lowest BCUT2D eigenvalue weighted by molar-refractivity contribution is -0.119. The molecule has 0 radical (unpaired) electrons. The predicted octanol–water partition coefficient (Wildman–Crippen LogP) is 3.02. The van der Waals surface area contributed by atoms with Crippen LogP contribution in [-0.4, -0.2) is 41.8 Å². The summed E-state index contributed by atoms with van der Waals surface area (Å²) in [6.07, 6.45) is 1.67. The van der Waals surface area contributed by atoms with Gasteiger partial charge in [0.25, 0.3) is 0 Å². The van der Waals surface area contributed by atoms with Crippen molar-refractivity contribution in [3.8, 4) is 0 Å². The zero-order valence-corrected chi connectivity index (χ0v) is 15.5. The Morgan fingerprint density at radius 1 is 1.12 bits per heavy atom. The van der Waals surface area contributed by atoms with Crippen molar-refractivity contribution in [3.05, 3.63) is 52.6 Å². The topological polar surface area (TPSA) is 74.3 Å². The van der Waals surface area contributed by atoms with Crippen LogP contribution >= 0.6 is 15.9 Å². The second-order valence-electron chi connectivity index (χ2n) is 5.57. The van der Waals surface area contributed by atoms with Crippen LogP contribution in [0, 0.1) is 11.6 Å². The Hall–Kier alpha value is -2.39. The number of hydrogen-bond donors (Lipinski definition) is 2. The molecule has 0 saturated carbocycles. The third kappa shape index (κ3) is 6.49. The van der Waals surface area contributed by atoms with E-state index in [1.165, 1.54) is 6.07 Å². The van der Waals surface area contributed by atoms with E-state index < -0.39 is 11.6 Å². The fourth-order valence-corrected chi connectivity index (χ4v) is 2.28. The minimum atomic E-state index is -1.03. The van der Waals surface area contributed by atoms with Gasteiger partial charge in [-0.15, -0.1) is 0 Å². The maximum atomic E-state index is 13.1. The predicted molar refractivity (Wildman–Crippen MR) is 97.7 cm³/mol. The fourth-order valence-electron chi connectivity index (χ4n) is 2.05. The van der Waals surface area contributed by atoms with Crippen LogP contribution in [0.5, 0.6) is 0 Å². The summed E-state index contributed by atoms with van der Waals surface area (Å²) in [6.45, 7) is 0.396. The van der Waals surface area contributed by atoms with Crippen LogP contribution < -0.4 is 10.6 Å². The Balaban J connectivity index is 1.74. The highest BCUT2D eigenvalue weighted by Gasteiger charge is 2.11. The number of amides is 2. The number of rotatable bonds is 7. The first kappa shape index (κ1) is 19.9. The van der Waals surface area contributed by atoms with Crippen LogP contribution in [0.4, 0.5) is 20.3 Å². The molecule has 0 aliphatic rings. The van der Waals surface area contributed by atoms with Crippen LogP contribution in [0.15, 0.2) is 41.0 Å². The molecule has 26 heavy (non-hydrogen) atoms. The van der Waals surface area contributed by atoms with Crippen molar-refractivity contribution in [3.63, 3.8) is 0 Å². The first-order valence-corrected chi connectivity index (χ1v) is 8.47. The highest BCUT2D eigenvalue weighted by molar-refractivity contribution is 9.10. The molecule has 6 nitrogen and oxygen atoms in total. The quantitative estimate of drug-likeness (QED) is 0.713. The molecule has 0 unspecified atom stereocenters. The lowest BCUT2D eigenvalue weighted by Crippen LogP contribution is -2.32. The smallest absolute Gasteiger partial charge is 0.239 e. The van der Waals surface area contributed by atoms with Gasteiger partial charge in [0.1, 0.15) is 5.82 Å². The lowest BCUT2D eigenvalue weighted by Gasteiger charge is -2.16. The number of aromatic nitrogens is 1. The number of hydrogen-bond acceptors (Lipinski definition) is 4. The number of nitrogens with one attached hydrogen (secondary N) is 2. The molecule has 0 aliphatic carbocycles. The van der Waals surface area contributed by atoms with Crippen LogP contribution in [0.3, 0.4) is 0 Å². The molecule has 0 spiro atoms. The van der Waals surface area contributed by atoms with Gasteiger partial charge >= 0.3 is 0 Å². The molecule has 2 N–H and O–H groups in total.